The first-order valence-electron chi connectivity index (χ1n) is 7.75. The second-order valence-electron chi connectivity index (χ2n) is 6.91. The zero-order valence-electron chi connectivity index (χ0n) is 12.9. The molecule has 2 unspecified atom stereocenters. The van der Waals surface area contributed by atoms with Crippen molar-refractivity contribution in [1.29, 1.82) is 0 Å². The van der Waals surface area contributed by atoms with Gasteiger partial charge in [0.1, 0.15) is 5.60 Å². The van der Waals surface area contributed by atoms with Crippen LogP contribution in [0, 0.1) is 5.92 Å². The summed E-state index contributed by atoms with van der Waals surface area (Å²) >= 11 is 0. The molecule has 2 N–H and O–H groups in total. The van der Waals surface area contributed by atoms with Crippen molar-refractivity contribution in [2.75, 3.05) is 19.8 Å². The van der Waals surface area contributed by atoms with Gasteiger partial charge in [-0.3, -0.25) is 0 Å². The van der Waals surface area contributed by atoms with E-state index in [4.69, 9.17) is 9.47 Å². The summed E-state index contributed by atoms with van der Waals surface area (Å²) < 4.78 is 10.8. The first kappa shape index (κ1) is 15.6. The van der Waals surface area contributed by atoms with Crippen LogP contribution in [0.3, 0.4) is 0 Å². The average molecular weight is 284 g/mol. The highest BCUT2D eigenvalue weighted by molar-refractivity contribution is 5.68. The molecule has 5 heteroatoms. The van der Waals surface area contributed by atoms with Crippen molar-refractivity contribution in [2.45, 2.75) is 64.1 Å². The maximum absolute atomic E-state index is 11.9. The number of carbonyl (C=O) groups excluding carboxylic acids is 1. The summed E-state index contributed by atoms with van der Waals surface area (Å²) in [5, 5.41) is 6.53. The first-order valence-corrected chi connectivity index (χ1v) is 7.75. The van der Waals surface area contributed by atoms with Crippen LogP contribution in [-0.4, -0.2) is 43.5 Å². The molecule has 0 radical (unpaired) electrons. The fourth-order valence-electron chi connectivity index (χ4n) is 2.49. The summed E-state index contributed by atoms with van der Waals surface area (Å²) in [7, 11) is 0. The van der Waals surface area contributed by atoms with Gasteiger partial charge >= 0.3 is 6.09 Å². The van der Waals surface area contributed by atoms with E-state index in [0.717, 1.165) is 32.6 Å². The number of ether oxygens (including phenoxy) is 2. The van der Waals surface area contributed by atoms with E-state index >= 15 is 0 Å². The highest BCUT2D eigenvalue weighted by Crippen LogP contribution is 2.32. The highest BCUT2D eigenvalue weighted by Gasteiger charge is 2.33. The SMILES string of the molecule is CC(C)(C)OC(=O)NC(CNC1CCCOC1)C1CC1. The summed E-state index contributed by atoms with van der Waals surface area (Å²) in [6.07, 6.45) is 4.36. The third-order valence-electron chi connectivity index (χ3n) is 3.68. The Bertz CT molecular complexity index is 318. The first-order chi connectivity index (χ1) is 9.44. The standard InChI is InChI=1S/C15H28N2O3/c1-15(2,3)20-14(18)17-13(11-6-7-11)9-16-12-5-4-8-19-10-12/h11-13,16H,4-10H2,1-3H3,(H,17,18). The zero-order chi connectivity index (χ0) is 14.6. The van der Waals surface area contributed by atoms with Crippen LogP contribution in [0.15, 0.2) is 0 Å². The molecule has 2 fully saturated rings. The Balaban J connectivity index is 1.74. The third-order valence-corrected chi connectivity index (χ3v) is 3.68. The van der Waals surface area contributed by atoms with E-state index in [1.165, 1.54) is 12.8 Å². The van der Waals surface area contributed by atoms with Crippen molar-refractivity contribution in [2.24, 2.45) is 5.92 Å². The summed E-state index contributed by atoms with van der Waals surface area (Å²) in [5.74, 6) is 0.597. The van der Waals surface area contributed by atoms with Crippen LogP contribution in [0.25, 0.3) is 0 Å². The number of alkyl carbamates (subject to hydrolysis) is 1. The Morgan fingerprint density at radius 1 is 1.35 bits per heavy atom. The second-order valence-corrected chi connectivity index (χ2v) is 6.91. The monoisotopic (exact) mass is 284 g/mol. The molecule has 5 nitrogen and oxygen atoms in total. The minimum absolute atomic E-state index is 0.173. The summed E-state index contributed by atoms with van der Waals surface area (Å²) in [6.45, 7) is 8.12. The van der Waals surface area contributed by atoms with Crippen LogP contribution in [0.4, 0.5) is 4.79 Å². The van der Waals surface area contributed by atoms with Gasteiger partial charge in [-0.05, 0) is 52.4 Å². The van der Waals surface area contributed by atoms with E-state index in [2.05, 4.69) is 10.6 Å². The van der Waals surface area contributed by atoms with Gasteiger partial charge in [0.15, 0.2) is 0 Å². The second kappa shape index (κ2) is 6.76. The lowest BCUT2D eigenvalue weighted by atomic mass is 10.1. The van der Waals surface area contributed by atoms with Crippen LogP contribution in [0.1, 0.15) is 46.5 Å². The fourth-order valence-corrected chi connectivity index (χ4v) is 2.49. The molecule has 0 aromatic rings. The molecule has 1 saturated heterocycles. The Kier molecular flexibility index (Phi) is 5.27. The quantitative estimate of drug-likeness (QED) is 0.811. The predicted molar refractivity (Wildman–Crippen MR) is 77.7 cm³/mol. The number of nitrogens with one attached hydrogen (secondary N) is 2. The van der Waals surface area contributed by atoms with Gasteiger partial charge in [0, 0.05) is 25.2 Å². The molecular weight excluding hydrogens is 256 g/mol. The van der Waals surface area contributed by atoms with Crippen LogP contribution in [-0.2, 0) is 9.47 Å². The number of amides is 1. The number of rotatable bonds is 5. The summed E-state index contributed by atoms with van der Waals surface area (Å²) in [4.78, 5) is 11.9. The molecule has 1 heterocycles. The normalized spacial score (nSPS) is 25.1. The molecule has 2 aliphatic rings. The van der Waals surface area contributed by atoms with Gasteiger partial charge in [0.05, 0.1) is 6.61 Å². The molecule has 1 amide bonds. The lowest BCUT2D eigenvalue weighted by Crippen LogP contribution is -2.49. The number of hydrogen-bond acceptors (Lipinski definition) is 4. The van der Waals surface area contributed by atoms with Gasteiger partial charge in [-0.15, -0.1) is 0 Å². The molecule has 0 spiro atoms. The molecule has 1 aliphatic carbocycles. The molecular formula is C15H28N2O3. The van der Waals surface area contributed by atoms with Crippen molar-refractivity contribution < 1.29 is 14.3 Å². The van der Waals surface area contributed by atoms with E-state index in [0.29, 0.717) is 12.0 Å². The van der Waals surface area contributed by atoms with Gasteiger partial charge in [-0.1, -0.05) is 0 Å². The van der Waals surface area contributed by atoms with Gasteiger partial charge < -0.3 is 20.1 Å². The van der Waals surface area contributed by atoms with E-state index < -0.39 is 5.60 Å². The topological polar surface area (TPSA) is 59.6 Å². The molecule has 2 atom stereocenters. The minimum atomic E-state index is -0.442. The van der Waals surface area contributed by atoms with Crippen LogP contribution >= 0.6 is 0 Å². The Morgan fingerprint density at radius 2 is 2.10 bits per heavy atom. The molecule has 2 rings (SSSR count). The van der Waals surface area contributed by atoms with Gasteiger partial charge in [0.25, 0.3) is 0 Å². The van der Waals surface area contributed by atoms with E-state index in [1.807, 2.05) is 20.8 Å². The predicted octanol–water partition coefficient (Wildman–Crippen LogP) is 2.06. The van der Waals surface area contributed by atoms with Crippen LogP contribution < -0.4 is 10.6 Å². The molecule has 0 aromatic heterocycles. The van der Waals surface area contributed by atoms with Crippen molar-refractivity contribution >= 4 is 6.09 Å². The third kappa shape index (κ3) is 5.67. The van der Waals surface area contributed by atoms with Crippen LogP contribution in [0.2, 0.25) is 0 Å². The minimum Gasteiger partial charge on any atom is -0.444 e. The van der Waals surface area contributed by atoms with Gasteiger partial charge in [-0.2, -0.15) is 0 Å². The van der Waals surface area contributed by atoms with Crippen LogP contribution in [0.5, 0.6) is 0 Å². The van der Waals surface area contributed by atoms with Crippen molar-refractivity contribution in [1.82, 2.24) is 10.6 Å². The molecule has 0 aromatic carbocycles. The molecule has 116 valence electrons. The Hall–Kier alpha value is -0.810. The van der Waals surface area contributed by atoms with E-state index in [9.17, 15) is 4.79 Å². The molecule has 1 saturated carbocycles. The summed E-state index contributed by atoms with van der Waals surface area (Å²) in [5.41, 5.74) is -0.442. The largest absolute Gasteiger partial charge is 0.444 e. The number of carbonyl (C=O) groups is 1. The van der Waals surface area contributed by atoms with Gasteiger partial charge in [-0.25, -0.2) is 4.79 Å². The molecule has 0 bridgehead atoms. The van der Waals surface area contributed by atoms with E-state index in [1.54, 1.807) is 0 Å². The molecule has 1 aliphatic heterocycles. The van der Waals surface area contributed by atoms with Crippen molar-refractivity contribution in [3.8, 4) is 0 Å². The number of hydrogen-bond donors (Lipinski definition) is 2. The lowest BCUT2D eigenvalue weighted by Gasteiger charge is -2.27. The Morgan fingerprint density at radius 3 is 2.65 bits per heavy atom. The fraction of sp³-hybridized carbons (Fsp3) is 0.933. The van der Waals surface area contributed by atoms with Crippen molar-refractivity contribution in [3.63, 3.8) is 0 Å². The van der Waals surface area contributed by atoms with Gasteiger partial charge in [0.2, 0.25) is 0 Å². The maximum Gasteiger partial charge on any atom is 0.407 e. The lowest BCUT2D eigenvalue weighted by molar-refractivity contribution is 0.0485. The smallest absolute Gasteiger partial charge is 0.407 e. The maximum atomic E-state index is 11.9. The zero-order valence-corrected chi connectivity index (χ0v) is 12.9. The van der Waals surface area contributed by atoms with E-state index in [-0.39, 0.29) is 12.1 Å². The average Bonchev–Trinajstić information content (AvgIpc) is 3.17. The molecule has 20 heavy (non-hydrogen) atoms. The highest BCUT2D eigenvalue weighted by atomic mass is 16.6. The van der Waals surface area contributed by atoms with Crippen molar-refractivity contribution in [3.05, 3.63) is 0 Å². The summed E-state index contributed by atoms with van der Waals surface area (Å²) in [6, 6.07) is 0.595. The Labute approximate surface area is 121 Å².